The van der Waals surface area contributed by atoms with Crippen molar-refractivity contribution in [1.82, 2.24) is 24.8 Å². The van der Waals surface area contributed by atoms with Gasteiger partial charge >= 0.3 is 0 Å². The van der Waals surface area contributed by atoms with Gasteiger partial charge in [0.2, 0.25) is 5.91 Å². The van der Waals surface area contributed by atoms with Crippen LogP contribution in [0, 0.1) is 11.6 Å². The molecule has 0 atom stereocenters. The Morgan fingerprint density at radius 2 is 1.82 bits per heavy atom. The minimum atomic E-state index is -0.700. The molecular formula is C24H24F2N6O2. The lowest BCUT2D eigenvalue weighted by atomic mass is 10.1. The van der Waals surface area contributed by atoms with Crippen molar-refractivity contribution in [3.05, 3.63) is 59.9 Å². The van der Waals surface area contributed by atoms with E-state index in [0.29, 0.717) is 51.1 Å². The maximum Gasteiger partial charge on any atom is 0.219 e. The number of fused-ring (bicyclic) bond motifs is 1. The van der Waals surface area contributed by atoms with Crippen LogP contribution in [-0.4, -0.2) is 56.5 Å². The molecule has 0 radical (unpaired) electrons. The van der Waals surface area contributed by atoms with Crippen LogP contribution >= 0.6 is 0 Å². The number of ether oxygens (including phenoxy) is 1. The molecule has 0 bridgehead atoms. The molecule has 1 amide bonds. The second kappa shape index (κ2) is 9.28. The van der Waals surface area contributed by atoms with Gasteiger partial charge in [0.1, 0.15) is 23.9 Å². The molecule has 5 rings (SSSR count). The first-order valence-corrected chi connectivity index (χ1v) is 11.3. The van der Waals surface area contributed by atoms with Gasteiger partial charge in [-0.15, -0.1) is 0 Å². The fraction of sp³-hybridized carbons (Fsp3) is 0.375. The first-order valence-electron chi connectivity index (χ1n) is 11.3. The van der Waals surface area contributed by atoms with Gasteiger partial charge in [-0.25, -0.2) is 28.7 Å². The van der Waals surface area contributed by atoms with Crippen molar-refractivity contribution in [2.75, 3.05) is 24.5 Å². The maximum atomic E-state index is 14.0. The van der Waals surface area contributed by atoms with E-state index < -0.39 is 11.6 Å². The number of hydrogen-bond acceptors (Lipinski definition) is 7. The summed E-state index contributed by atoms with van der Waals surface area (Å²) in [6.45, 7) is 3.88. The summed E-state index contributed by atoms with van der Waals surface area (Å²) in [4.78, 5) is 33.9. The zero-order chi connectivity index (χ0) is 23.7. The molecule has 0 aliphatic carbocycles. The Balaban J connectivity index is 1.38. The topological polar surface area (TPSA) is 84.3 Å². The summed E-state index contributed by atoms with van der Waals surface area (Å²) in [6, 6.07) is 3.34. The van der Waals surface area contributed by atoms with Gasteiger partial charge in [-0.3, -0.25) is 4.79 Å². The lowest BCUT2D eigenvalue weighted by Crippen LogP contribution is -2.40. The predicted octanol–water partition coefficient (Wildman–Crippen LogP) is 3.16. The normalized spacial score (nSPS) is 16.3. The van der Waals surface area contributed by atoms with Crippen molar-refractivity contribution in [2.24, 2.45) is 0 Å². The third-order valence-corrected chi connectivity index (χ3v) is 6.20. The molecule has 34 heavy (non-hydrogen) atoms. The van der Waals surface area contributed by atoms with Gasteiger partial charge in [-0.1, -0.05) is 0 Å². The molecule has 2 aromatic heterocycles. The van der Waals surface area contributed by atoms with Crippen LogP contribution in [0.3, 0.4) is 0 Å². The van der Waals surface area contributed by atoms with Crippen LogP contribution in [0.1, 0.15) is 31.2 Å². The summed E-state index contributed by atoms with van der Waals surface area (Å²) in [6.07, 6.45) is 6.62. The van der Waals surface area contributed by atoms with Crippen LogP contribution in [0.2, 0.25) is 0 Å². The molecule has 8 nitrogen and oxygen atoms in total. The van der Waals surface area contributed by atoms with E-state index in [4.69, 9.17) is 14.7 Å². The highest BCUT2D eigenvalue weighted by Gasteiger charge is 2.28. The SMILES string of the molecule is CC(=O)N1CCc2nc(N3CCC(Oc4ccc(F)cc4F)CC3)c(-c3cncnc3)nc2C1. The molecule has 0 N–H and O–H groups in total. The molecule has 1 saturated heterocycles. The number of piperidine rings is 1. The first kappa shape index (κ1) is 22.1. The van der Waals surface area contributed by atoms with E-state index >= 15 is 0 Å². The Labute approximate surface area is 195 Å². The number of aromatic nitrogens is 4. The van der Waals surface area contributed by atoms with Gasteiger partial charge in [-0.2, -0.15) is 0 Å². The van der Waals surface area contributed by atoms with Gasteiger partial charge < -0.3 is 14.5 Å². The Morgan fingerprint density at radius 1 is 1.06 bits per heavy atom. The number of anilines is 1. The highest BCUT2D eigenvalue weighted by molar-refractivity contribution is 5.74. The zero-order valence-corrected chi connectivity index (χ0v) is 18.7. The number of halogens is 2. The summed E-state index contributed by atoms with van der Waals surface area (Å²) < 4.78 is 33.0. The molecule has 0 spiro atoms. The molecule has 3 aromatic rings. The molecule has 1 aromatic carbocycles. The van der Waals surface area contributed by atoms with Gasteiger partial charge in [0.05, 0.1) is 17.9 Å². The van der Waals surface area contributed by atoms with Crippen molar-refractivity contribution >= 4 is 11.7 Å². The highest BCUT2D eigenvalue weighted by atomic mass is 19.1. The van der Waals surface area contributed by atoms with Crippen LogP contribution in [-0.2, 0) is 17.8 Å². The van der Waals surface area contributed by atoms with Crippen LogP contribution in [0.25, 0.3) is 11.3 Å². The molecule has 0 saturated carbocycles. The number of benzene rings is 1. The third kappa shape index (κ3) is 4.52. The molecular weight excluding hydrogens is 442 g/mol. The van der Waals surface area contributed by atoms with Crippen molar-refractivity contribution in [3.8, 4) is 17.0 Å². The largest absolute Gasteiger partial charge is 0.487 e. The number of rotatable bonds is 4. The van der Waals surface area contributed by atoms with E-state index in [-0.39, 0.29) is 17.8 Å². The number of nitrogens with zero attached hydrogens (tertiary/aromatic N) is 6. The zero-order valence-electron chi connectivity index (χ0n) is 18.7. The fourth-order valence-electron chi connectivity index (χ4n) is 4.36. The molecule has 1 fully saturated rings. The van der Waals surface area contributed by atoms with E-state index in [9.17, 15) is 13.6 Å². The molecule has 2 aliphatic rings. The quantitative estimate of drug-likeness (QED) is 0.584. The minimum Gasteiger partial charge on any atom is -0.487 e. The van der Waals surface area contributed by atoms with Crippen molar-refractivity contribution < 1.29 is 18.3 Å². The second-order valence-electron chi connectivity index (χ2n) is 8.49. The van der Waals surface area contributed by atoms with Gasteiger partial charge in [0, 0.05) is 69.8 Å². The van der Waals surface area contributed by atoms with E-state index in [1.807, 2.05) is 0 Å². The average Bonchev–Trinajstić information content (AvgIpc) is 2.85. The van der Waals surface area contributed by atoms with Crippen molar-refractivity contribution in [2.45, 2.75) is 38.8 Å². The Morgan fingerprint density at radius 3 is 2.53 bits per heavy atom. The van der Waals surface area contributed by atoms with Crippen LogP contribution < -0.4 is 9.64 Å². The van der Waals surface area contributed by atoms with Crippen LogP contribution in [0.5, 0.6) is 5.75 Å². The van der Waals surface area contributed by atoms with Crippen LogP contribution in [0.4, 0.5) is 14.6 Å². The number of carbonyl (C=O) groups excluding carboxylic acids is 1. The van der Waals surface area contributed by atoms with E-state index in [2.05, 4.69) is 14.9 Å². The van der Waals surface area contributed by atoms with Gasteiger partial charge in [0.15, 0.2) is 17.4 Å². The molecule has 176 valence electrons. The molecule has 0 unspecified atom stereocenters. The van der Waals surface area contributed by atoms with Crippen molar-refractivity contribution in [1.29, 1.82) is 0 Å². The Bertz CT molecular complexity index is 1200. The third-order valence-electron chi connectivity index (χ3n) is 6.20. The lowest BCUT2D eigenvalue weighted by Gasteiger charge is -2.35. The molecule has 4 heterocycles. The van der Waals surface area contributed by atoms with Gasteiger partial charge in [-0.05, 0) is 12.1 Å². The van der Waals surface area contributed by atoms with Gasteiger partial charge in [0.25, 0.3) is 0 Å². The summed E-state index contributed by atoms with van der Waals surface area (Å²) in [5.74, 6) is -0.508. The Hall–Kier alpha value is -3.69. The minimum absolute atomic E-state index is 0.0146. The average molecular weight is 466 g/mol. The van der Waals surface area contributed by atoms with Crippen LogP contribution in [0.15, 0.2) is 36.9 Å². The Kier molecular flexibility index (Phi) is 6.04. The summed E-state index contributed by atoms with van der Waals surface area (Å²) in [7, 11) is 0. The molecule has 10 heteroatoms. The summed E-state index contributed by atoms with van der Waals surface area (Å²) in [5.41, 5.74) is 3.10. The monoisotopic (exact) mass is 466 g/mol. The standard InChI is InChI=1S/C24H24F2N6O2/c1-15(33)32-9-6-20-21(13-32)29-23(16-11-27-14-28-12-16)24(30-20)31-7-4-18(5-8-31)34-22-3-2-17(25)10-19(22)26/h2-3,10-12,14,18H,4-9,13H2,1H3. The van der Waals surface area contributed by atoms with Crippen molar-refractivity contribution in [3.63, 3.8) is 0 Å². The number of carbonyl (C=O) groups is 1. The highest BCUT2D eigenvalue weighted by Crippen LogP contribution is 2.32. The summed E-state index contributed by atoms with van der Waals surface area (Å²) in [5, 5.41) is 0. The summed E-state index contributed by atoms with van der Waals surface area (Å²) >= 11 is 0. The van der Waals surface area contributed by atoms with E-state index in [1.54, 1.807) is 24.2 Å². The smallest absolute Gasteiger partial charge is 0.219 e. The number of hydrogen-bond donors (Lipinski definition) is 0. The predicted molar refractivity (Wildman–Crippen MR) is 120 cm³/mol. The lowest BCUT2D eigenvalue weighted by molar-refractivity contribution is -0.129. The molecule has 2 aliphatic heterocycles. The second-order valence-corrected chi connectivity index (χ2v) is 8.49. The maximum absolute atomic E-state index is 14.0. The number of amides is 1. The van der Waals surface area contributed by atoms with E-state index in [0.717, 1.165) is 28.8 Å². The van der Waals surface area contributed by atoms with E-state index in [1.165, 1.54) is 18.5 Å². The fourth-order valence-corrected chi connectivity index (χ4v) is 4.36. The first-order chi connectivity index (χ1) is 16.5.